The zero-order valence-corrected chi connectivity index (χ0v) is 16.1. The Balaban J connectivity index is 2.04. The minimum absolute atomic E-state index is 0.194. The Hall–Kier alpha value is -2.33. The molecule has 5 heteroatoms. The summed E-state index contributed by atoms with van der Waals surface area (Å²) in [5.41, 5.74) is 2.39. The maximum Gasteiger partial charge on any atom is 0.252 e. The van der Waals surface area contributed by atoms with Gasteiger partial charge in [-0.25, -0.2) is 0 Å². The molecule has 0 spiro atoms. The van der Waals surface area contributed by atoms with Crippen LogP contribution >= 0.6 is 11.6 Å². The van der Waals surface area contributed by atoms with Gasteiger partial charge in [-0.15, -0.1) is 0 Å². The van der Waals surface area contributed by atoms with Gasteiger partial charge in [0.1, 0.15) is 6.04 Å². The fourth-order valence-corrected chi connectivity index (χ4v) is 2.94. The summed E-state index contributed by atoms with van der Waals surface area (Å²) >= 11 is 5.97. The third kappa shape index (κ3) is 5.88. The quantitative estimate of drug-likeness (QED) is 0.768. The first-order chi connectivity index (χ1) is 12.4. The number of halogens is 1. The second-order valence-corrected chi connectivity index (χ2v) is 7.25. The number of hydrogen-bond acceptors (Lipinski definition) is 2. The van der Waals surface area contributed by atoms with E-state index in [4.69, 9.17) is 11.6 Å². The molecule has 0 radical (unpaired) electrons. The van der Waals surface area contributed by atoms with Gasteiger partial charge in [-0.05, 0) is 48.6 Å². The minimum Gasteiger partial charge on any atom is -0.350 e. The van der Waals surface area contributed by atoms with Gasteiger partial charge in [-0.1, -0.05) is 55.8 Å². The normalized spacial score (nSPS) is 11.9. The number of aryl methyl sites for hydroxylation is 1. The van der Waals surface area contributed by atoms with Gasteiger partial charge in [-0.3, -0.25) is 9.59 Å². The van der Waals surface area contributed by atoms with Gasteiger partial charge in [0, 0.05) is 17.1 Å². The molecule has 2 N–H and O–H groups in total. The number of rotatable bonds is 7. The summed E-state index contributed by atoms with van der Waals surface area (Å²) in [6.07, 6.45) is 0.568. The van der Waals surface area contributed by atoms with Gasteiger partial charge in [0.25, 0.3) is 5.91 Å². The standard InChI is InChI=1S/C21H25ClN2O2/c1-14(2)11-19(24-20(25)18-10-5-4-7-15(18)3)21(26)23-13-16-8-6-9-17(22)12-16/h4-10,12,14,19H,11,13H2,1-3H3,(H,23,26)(H,24,25). The molecule has 2 rings (SSSR count). The van der Waals surface area contributed by atoms with Crippen molar-refractivity contribution in [1.82, 2.24) is 10.6 Å². The molecule has 26 heavy (non-hydrogen) atoms. The first kappa shape index (κ1) is 20.0. The predicted octanol–water partition coefficient (Wildman–Crippen LogP) is 4.11. The van der Waals surface area contributed by atoms with Crippen molar-refractivity contribution in [3.05, 3.63) is 70.2 Å². The maximum atomic E-state index is 12.6. The van der Waals surface area contributed by atoms with Crippen LogP contribution in [0.1, 0.15) is 41.8 Å². The van der Waals surface area contributed by atoms with Crippen LogP contribution in [0, 0.1) is 12.8 Å². The molecule has 0 saturated carbocycles. The van der Waals surface area contributed by atoms with Crippen LogP contribution in [0.15, 0.2) is 48.5 Å². The Morgan fingerprint density at radius 1 is 1.08 bits per heavy atom. The molecule has 138 valence electrons. The van der Waals surface area contributed by atoms with Crippen LogP contribution in [0.4, 0.5) is 0 Å². The monoisotopic (exact) mass is 372 g/mol. The van der Waals surface area contributed by atoms with Crippen LogP contribution < -0.4 is 10.6 Å². The summed E-state index contributed by atoms with van der Waals surface area (Å²) < 4.78 is 0. The molecular weight excluding hydrogens is 348 g/mol. The number of nitrogens with one attached hydrogen (secondary N) is 2. The molecule has 0 heterocycles. The third-order valence-electron chi connectivity index (χ3n) is 4.07. The van der Waals surface area contributed by atoms with Gasteiger partial charge in [0.15, 0.2) is 0 Å². The summed E-state index contributed by atoms with van der Waals surface area (Å²) in [7, 11) is 0. The lowest BCUT2D eigenvalue weighted by molar-refractivity contribution is -0.123. The first-order valence-electron chi connectivity index (χ1n) is 8.75. The third-order valence-corrected chi connectivity index (χ3v) is 4.31. The molecule has 1 atom stereocenters. The lowest BCUT2D eigenvalue weighted by atomic mass is 10.0. The van der Waals surface area contributed by atoms with Crippen molar-refractivity contribution < 1.29 is 9.59 Å². The average molecular weight is 373 g/mol. The molecule has 0 fully saturated rings. The second-order valence-electron chi connectivity index (χ2n) is 6.82. The topological polar surface area (TPSA) is 58.2 Å². The van der Waals surface area contributed by atoms with Crippen LogP contribution in [0.5, 0.6) is 0 Å². The fourth-order valence-electron chi connectivity index (χ4n) is 2.73. The number of carbonyl (C=O) groups excluding carboxylic acids is 2. The Morgan fingerprint density at radius 2 is 1.81 bits per heavy atom. The minimum atomic E-state index is -0.582. The largest absolute Gasteiger partial charge is 0.350 e. The molecule has 2 aromatic rings. The van der Waals surface area contributed by atoms with Crippen LogP contribution in [0.3, 0.4) is 0 Å². The highest BCUT2D eigenvalue weighted by Gasteiger charge is 2.22. The summed E-state index contributed by atoms with van der Waals surface area (Å²) in [5, 5.41) is 6.39. The molecule has 0 aliphatic rings. The van der Waals surface area contributed by atoms with Gasteiger partial charge in [0.2, 0.25) is 5.91 Å². The van der Waals surface area contributed by atoms with E-state index in [-0.39, 0.29) is 17.7 Å². The van der Waals surface area contributed by atoms with Crippen molar-refractivity contribution in [2.24, 2.45) is 5.92 Å². The fraction of sp³-hybridized carbons (Fsp3) is 0.333. The molecule has 0 aliphatic carbocycles. The predicted molar refractivity (Wildman–Crippen MR) is 105 cm³/mol. The van der Waals surface area contributed by atoms with Gasteiger partial charge in [-0.2, -0.15) is 0 Å². The van der Waals surface area contributed by atoms with E-state index in [0.717, 1.165) is 11.1 Å². The number of hydrogen-bond donors (Lipinski definition) is 2. The van der Waals surface area contributed by atoms with Crippen molar-refractivity contribution in [3.63, 3.8) is 0 Å². The van der Waals surface area contributed by atoms with E-state index < -0.39 is 6.04 Å². The van der Waals surface area contributed by atoms with Crippen molar-refractivity contribution in [2.75, 3.05) is 0 Å². The van der Waals surface area contributed by atoms with E-state index in [1.165, 1.54) is 0 Å². The highest BCUT2D eigenvalue weighted by atomic mass is 35.5. The van der Waals surface area contributed by atoms with E-state index in [0.29, 0.717) is 23.6 Å². The van der Waals surface area contributed by atoms with Gasteiger partial charge in [0.05, 0.1) is 0 Å². The smallest absolute Gasteiger partial charge is 0.252 e. The molecule has 1 unspecified atom stereocenters. The zero-order valence-electron chi connectivity index (χ0n) is 15.4. The zero-order chi connectivity index (χ0) is 19.1. The average Bonchev–Trinajstić information content (AvgIpc) is 2.59. The van der Waals surface area contributed by atoms with Crippen molar-refractivity contribution in [2.45, 2.75) is 39.8 Å². The highest BCUT2D eigenvalue weighted by Crippen LogP contribution is 2.12. The lowest BCUT2D eigenvalue weighted by Crippen LogP contribution is -2.47. The number of carbonyl (C=O) groups is 2. The van der Waals surface area contributed by atoms with Gasteiger partial charge < -0.3 is 10.6 Å². The highest BCUT2D eigenvalue weighted by molar-refractivity contribution is 6.30. The molecular formula is C21H25ClN2O2. The summed E-state index contributed by atoms with van der Waals surface area (Å²) in [4.78, 5) is 25.2. The van der Waals surface area contributed by atoms with Crippen LogP contribution in [-0.4, -0.2) is 17.9 Å². The molecule has 0 bridgehead atoms. The van der Waals surface area contributed by atoms with E-state index in [1.54, 1.807) is 12.1 Å². The lowest BCUT2D eigenvalue weighted by Gasteiger charge is -2.21. The number of amides is 2. The second kappa shape index (κ2) is 9.39. The molecule has 0 aromatic heterocycles. The SMILES string of the molecule is Cc1ccccc1C(=O)NC(CC(C)C)C(=O)NCc1cccc(Cl)c1. The summed E-state index contributed by atoms with van der Waals surface area (Å²) in [6, 6.07) is 14.1. The molecule has 4 nitrogen and oxygen atoms in total. The maximum absolute atomic E-state index is 12.6. The Morgan fingerprint density at radius 3 is 2.46 bits per heavy atom. The molecule has 2 amide bonds. The van der Waals surface area contributed by atoms with Crippen LogP contribution in [0.2, 0.25) is 5.02 Å². The van der Waals surface area contributed by atoms with Crippen molar-refractivity contribution >= 4 is 23.4 Å². The Labute approximate surface area is 159 Å². The summed E-state index contributed by atoms with van der Waals surface area (Å²) in [6.45, 7) is 6.30. The molecule has 0 aliphatic heterocycles. The van der Waals surface area contributed by atoms with Crippen LogP contribution in [-0.2, 0) is 11.3 Å². The Bertz CT molecular complexity index is 774. The molecule has 2 aromatic carbocycles. The van der Waals surface area contributed by atoms with Gasteiger partial charge >= 0.3 is 0 Å². The van der Waals surface area contributed by atoms with Crippen molar-refractivity contribution in [3.8, 4) is 0 Å². The molecule has 0 saturated heterocycles. The first-order valence-corrected chi connectivity index (χ1v) is 9.13. The van der Waals surface area contributed by atoms with E-state index in [1.807, 2.05) is 57.2 Å². The summed E-state index contributed by atoms with van der Waals surface area (Å²) in [5.74, 6) is -0.152. The van der Waals surface area contributed by atoms with Crippen molar-refractivity contribution in [1.29, 1.82) is 0 Å². The van der Waals surface area contributed by atoms with E-state index in [2.05, 4.69) is 10.6 Å². The van der Waals surface area contributed by atoms with E-state index in [9.17, 15) is 9.59 Å². The van der Waals surface area contributed by atoms with E-state index >= 15 is 0 Å². The van der Waals surface area contributed by atoms with Crippen LogP contribution in [0.25, 0.3) is 0 Å². The Kier molecular flexibility index (Phi) is 7.22. The number of benzene rings is 2.